The quantitative estimate of drug-likeness (QED) is 0.630. The monoisotopic (exact) mass is 386 g/mol. The van der Waals surface area contributed by atoms with Crippen LogP contribution in [0.15, 0.2) is 48.5 Å². The first-order valence-corrected chi connectivity index (χ1v) is 8.86. The van der Waals surface area contributed by atoms with Gasteiger partial charge in [-0.3, -0.25) is 9.69 Å². The summed E-state index contributed by atoms with van der Waals surface area (Å²) in [6.07, 6.45) is 0.401. The molecule has 140 valence electrons. The number of methoxy groups -OCH3 is 1. The molecule has 3 amide bonds. The molecule has 1 saturated heterocycles. The topological polar surface area (TPSA) is 75.7 Å². The zero-order valence-electron chi connectivity index (χ0n) is 15.0. The van der Waals surface area contributed by atoms with Gasteiger partial charge in [-0.1, -0.05) is 42.8 Å². The maximum absolute atomic E-state index is 13.2. The Labute approximate surface area is 162 Å². The number of rotatable bonds is 5. The van der Waals surface area contributed by atoms with Crippen LogP contribution >= 0.6 is 11.6 Å². The van der Waals surface area contributed by atoms with Crippen LogP contribution in [0, 0.1) is 0 Å². The first kappa shape index (κ1) is 18.9. The zero-order chi connectivity index (χ0) is 19.6. The van der Waals surface area contributed by atoms with E-state index in [-0.39, 0.29) is 12.5 Å². The molecule has 6 nitrogen and oxygen atoms in total. The molecule has 7 heteroatoms. The normalized spacial score (nSPS) is 19.1. The summed E-state index contributed by atoms with van der Waals surface area (Å²) in [5.41, 5.74) is 0.575. The lowest BCUT2D eigenvalue weighted by atomic mass is 9.87. The lowest BCUT2D eigenvalue weighted by Gasteiger charge is -2.26. The Morgan fingerprint density at radius 3 is 2.52 bits per heavy atom. The minimum atomic E-state index is -1.12. The van der Waals surface area contributed by atoms with E-state index in [4.69, 9.17) is 16.3 Å². The highest BCUT2D eigenvalue weighted by atomic mass is 35.5. The Hall–Kier alpha value is -2.86. The molecule has 2 aromatic carbocycles. The zero-order valence-corrected chi connectivity index (χ0v) is 15.7. The van der Waals surface area contributed by atoms with Crippen LogP contribution in [-0.4, -0.2) is 29.9 Å². The van der Waals surface area contributed by atoms with E-state index in [1.54, 1.807) is 48.5 Å². The van der Waals surface area contributed by atoms with Crippen molar-refractivity contribution in [2.75, 3.05) is 7.11 Å². The Morgan fingerprint density at radius 1 is 1.19 bits per heavy atom. The molecule has 1 aliphatic rings. The molecule has 1 atom stereocenters. The number of hydrogen-bond acceptors (Lipinski definition) is 4. The molecular weight excluding hydrogens is 368 g/mol. The minimum absolute atomic E-state index is 0.0604. The van der Waals surface area contributed by atoms with Crippen LogP contribution in [0.2, 0.25) is 5.02 Å². The van der Waals surface area contributed by atoms with Crippen molar-refractivity contribution in [1.82, 2.24) is 10.2 Å². The van der Waals surface area contributed by atoms with E-state index >= 15 is 0 Å². The maximum atomic E-state index is 13.2. The highest BCUT2D eigenvalue weighted by Crippen LogP contribution is 2.33. The third-order valence-electron chi connectivity index (χ3n) is 4.73. The van der Waals surface area contributed by atoms with E-state index in [0.717, 1.165) is 4.90 Å². The van der Waals surface area contributed by atoms with Crippen molar-refractivity contribution in [1.29, 1.82) is 0 Å². The Balaban J connectivity index is 1.90. The van der Waals surface area contributed by atoms with Gasteiger partial charge in [-0.25, -0.2) is 9.59 Å². The number of urea groups is 1. The van der Waals surface area contributed by atoms with Crippen LogP contribution in [0.25, 0.3) is 0 Å². The average Bonchev–Trinajstić information content (AvgIpc) is 2.93. The first-order chi connectivity index (χ1) is 12.9. The Kier molecular flexibility index (Phi) is 5.19. The molecule has 0 radical (unpaired) electrons. The highest BCUT2D eigenvalue weighted by molar-refractivity contribution is 6.30. The number of halogens is 1. The summed E-state index contributed by atoms with van der Waals surface area (Å²) in [5, 5.41) is 3.38. The van der Waals surface area contributed by atoms with Gasteiger partial charge in [0, 0.05) is 5.02 Å². The lowest BCUT2D eigenvalue weighted by Crippen LogP contribution is -2.43. The first-order valence-electron chi connectivity index (χ1n) is 8.48. The largest absolute Gasteiger partial charge is 0.465 e. The Morgan fingerprint density at radius 2 is 1.89 bits per heavy atom. The molecule has 0 bridgehead atoms. The van der Waals surface area contributed by atoms with Gasteiger partial charge >= 0.3 is 12.0 Å². The van der Waals surface area contributed by atoms with Crippen molar-refractivity contribution in [3.63, 3.8) is 0 Å². The molecule has 0 aliphatic carbocycles. The predicted octanol–water partition coefficient (Wildman–Crippen LogP) is 3.48. The summed E-state index contributed by atoms with van der Waals surface area (Å²) >= 11 is 5.94. The molecule has 0 unspecified atom stereocenters. The van der Waals surface area contributed by atoms with Crippen molar-refractivity contribution in [3.8, 4) is 0 Å². The number of amides is 3. The van der Waals surface area contributed by atoms with E-state index in [0.29, 0.717) is 28.1 Å². The number of esters is 1. The van der Waals surface area contributed by atoms with Gasteiger partial charge in [0.1, 0.15) is 5.54 Å². The van der Waals surface area contributed by atoms with E-state index in [1.807, 2.05) is 6.92 Å². The van der Waals surface area contributed by atoms with Gasteiger partial charge in [0.05, 0.1) is 19.2 Å². The number of benzene rings is 2. The molecule has 3 rings (SSSR count). The number of carbonyl (C=O) groups is 3. The molecule has 1 aliphatic heterocycles. The van der Waals surface area contributed by atoms with Crippen molar-refractivity contribution >= 4 is 29.5 Å². The summed E-state index contributed by atoms with van der Waals surface area (Å²) in [6, 6.07) is 13.1. The molecule has 1 fully saturated rings. The number of carbonyl (C=O) groups excluding carboxylic acids is 3. The SMILES string of the molecule is CC[C@]1(c2ccc(Cl)cc2)NC(=O)N(Cc2cccc(C(=O)OC)c2)C1=O. The smallest absolute Gasteiger partial charge is 0.337 e. The predicted molar refractivity (Wildman–Crippen MR) is 100 cm³/mol. The summed E-state index contributed by atoms with van der Waals surface area (Å²) in [6.45, 7) is 1.90. The molecule has 1 N–H and O–H groups in total. The molecule has 0 aromatic heterocycles. The van der Waals surface area contributed by atoms with Crippen LogP contribution in [0.5, 0.6) is 0 Å². The fraction of sp³-hybridized carbons (Fsp3) is 0.250. The van der Waals surface area contributed by atoms with Crippen molar-refractivity contribution in [3.05, 3.63) is 70.2 Å². The summed E-state index contributed by atoms with van der Waals surface area (Å²) in [5.74, 6) is -0.807. The van der Waals surface area contributed by atoms with Gasteiger partial charge in [-0.2, -0.15) is 0 Å². The van der Waals surface area contributed by atoms with E-state index in [2.05, 4.69) is 5.32 Å². The van der Waals surface area contributed by atoms with Crippen LogP contribution < -0.4 is 5.32 Å². The second-order valence-electron chi connectivity index (χ2n) is 6.28. The third-order valence-corrected chi connectivity index (χ3v) is 4.98. The second kappa shape index (κ2) is 7.40. The van der Waals surface area contributed by atoms with Gasteiger partial charge in [0.25, 0.3) is 5.91 Å². The number of hydrogen-bond donors (Lipinski definition) is 1. The van der Waals surface area contributed by atoms with Gasteiger partial charge in [-0.15, -0.1) is 0 Å². The maximum Gasteiger partial charge on any atom is 0.337 e. The summed E-state index contributed by atoms with van der Waals surface area (Å²) < 4.78 is 4.71. The number of imide groups is 1. The molecule has 27 heavy (non-hydrogen) atoms. The number of ether oxygens (including phenoxy) is 1. The molecule has 1 heterocycles. The minimum Gasteiger partial charge on any atom is -0.465 e. The van der Waals surface area contributed by atoms with E-state index in [1.165, 1.54) is 7.11 Å². The van der Waals surface area contributed by atoms with Gasteiger partial charge in [0.15, 0.2) is 0 Å². The van der Waals surface area contributed by atoms with Gasteiger partial charge in [0.2, 0.25) is 0 Å². The van der Waals surface area contributed by atoms with Crippen LogP contribution in [-0.2, 0) is 21.6 Å². The summed E-state index contributed by atoms with van der Waals surface area (Å²) in [7, 11) is 1.30. The standard InChI is InChI=1S/C20H19ClN2O4/c1-3-20(15-7-9-16(21)10-8-15)18(25)23(19(26)22-20)12-13-5-4-6-14(11-13)17(24)27-2/h4-11H,3,12H2,1-2H3,(H,22,26)/t20-/m1/s1. The molecule has 0 spiro atoms. The van der Waals surface area contributed by atoms with Gasteiger partial charge in [-0.05, 0) is 41.8 Å². The summed E-state index contributed by atoms with van der Waals surface area (Å²) in [4.78, 5) is 38.6. The second-order valence-corrected chi connectivity index (χ2v) is 6.72. The van der Waals surface area contributed by atoms with Crippen LogP contribution in [0.1, 0.15) is 34.8 Å². The fourth-order valence-electron chi connectivity index (χ4n) is 3.24. The highest BCUT2D eigenvalue weighted by Gasteiger charge is 2.51. The number of nitrogens with one attached hydrogen (secondary N) is 1. The molecule has 2 aromatic rings. The number of nitrogens with zero attached hydrogens (tertiary/aromatic N) is 1. The molecule has 0 saturated carbocycles. The van der Waals surface area contributed by atoms with Crippen molar-refractivity contribution in [2.45, 2.75) is 25.4 Å². The van der Waals surface area contributed by atoms with Crippen molar-refractivity contribution in [2.24, 2.45) is 0 Å². The van der Waals surface area contributed by atoms with Crippen LogP contribution in [0.3, 0.4) is 0 Å². The fourth-order valence-corrected chi connectivity index (χ4v) is 3.37. The Bertz CT molecular complexity index is 897. The average molecular weight is 387 g/mol. The molecular formula is C20H19ClN2O4. The lowest BCUT2D eigenvalue weighted by molar-refractivity contribution is -0.132. The van der Waals surface area contributed by atoms with Crippen molar-refractivity contribution < 1.29 is 19.1 Å². The van der Waals surface area contributed by atoms with E-state index < -0.39 is 17.5 Å². The van der Waals surface area contributed by atoms with Gasteiger partial charge < -0.3 is 10.1 Å². The van der Waals surface area contributed by atoms with E-state index in [9.17, 15) is 14.4 Å². The third kappa shape index (κ3) is 3.40. The van der Waals surface area contributed by atoms with Crippen LogP contribution in [0.4, 0.5) is 4.79 Å².